The Labute approximate surface area is 173 Å². The van der Waals surface area contributed by atoms with Crippen molar-refractivity contribution in [2.75, 3.05) is 45.7 Å². The third-order valence-corrected chi connectivity index (χ3v) is 5.08. The minimum atomic E-state index is 0.180. The van der Waals surface area contributed by atoms with E-state index in [0.29, 0.717) is 24.9 Å². The molecule has 1 aliphatic heterocycles. The van der Waals surface area contributed by atoms with Crippen LogP contribution in [0.4, 0.5) is 5.69 Å². The van der Waals surface area contributed by atoms with E-state index in [1.165, 1.54) is 12.8 Å². The fourth-order valence-corrected chi connectivity index (χ4v) is 3.62. The number of nitrogens with zero attached hydrogens (tertiary/aromatic N) is 2. The molecule has 7 nitrogen and oxygen atoms in total. The number of methoxy groups -OCH3 is 1. The molecule has 1 saturated heterocycles. The van der Waals surface area contributed by atoms with Crippen LogP contribution >= 0.6 is 0 Å². The summed E-state index contributed by atoms with van der Waals surface area (Å²) < 4.78 is 17.0. The number of hydrogen-bond acceptors (Lipinski definition) is 5. The molecule has 1 atom stereocenters. The van der Waals surface area contributed by atoms with Gasteiger partial charge in [-0.05, 0) is 64.0 Å². The predicted octanol–water partition coefficient (Wildman–Crippen LogP) is 3.82. The summed E-state index contributed by atoms with van der Waals surface area (Å²) >= 11 is 0. The number of hydrogen-bond donors (Lipinski definition) is 2. The average Bonchev–Trinajstić information content (AvgIpc) is 3.41. The van der Waals surface area contributed by atoms with E-state index >= 15 is 0 Å². The topological polar surface area (TPSA) is 71.3 Å². The van der Waals surface area contributed by atoms with Crippen molar-refractivity contribution in [3.05, 3.63) is 41.9 Å². The van der Waals surface area contributed by atoms with Crippen molar-refractivity contribution in [3.8, 4) is 11.5 Å². The second-order valence-corrected chi connectivity index (χ2v) is 7.08. The third-order valence-electron chi connectivity index (χ3n) is 5.08. The van der Waals surface area contributed by atoms with Gasteiger partial charge in [0.25, 0.3) is 0 Å². The smallest absolute Gasteiger partial charge is 0.195 e. The molecular weight excluding hydrogens is 368 g/mol. The fourth-order valence-electron chi connectivity index (χ4n) is 3.62. The number of aryl methyl sites for hydroxylation is 1. The van der Waals surface area contributed by atoms with E-state index in [1.807, 2.05) is 38.1 Å². The molecule has 7 heteroatoms. The Morgan fingerprint density at radius 2 is 2.00 bits per heavy atom. The summed E-state index contributed by atoms with van der Waals surface area (Å²) in [7, 11) is 3.41. The van der Waals surface area contributed by atoms with Crippen LogP contribution in [0.5, 0.6) is 11.5 Å². The van der Waals surface area contributed by atoms with E-state index in [1.54, 1.807) is 14.2 Å². The maximum Gasteiger partial charge on any atom is 0.195 e. The predicted molar refractivity (Wildman–Crippen MR) is 116 cm³/mol. The first-order valence-corrected chi connectivity index (χ1v) is 10.2. The highest BCUT2D eigenvalue weighted by atomic mass is 16.5. The van der Waals surface area contributed by atoms with E-state index in [4.69, 9.17) is 13.9 Å². The van der Waals surface area contributed by atoms with Gasteiger partial charge in [0, 0.05) is 25.3 Å². The lowest BCUT2D eigenvalue weighted by molar-refractivity contribution is 0.214. The molecule has 2 aromatic rings. The molecule has 0 bridgehead atoms. The largest absolute Gasteiger partial charge is 0.493 e. The molecule has 29 heavy (non-hydrogen) atoms. The van der Waals surface area contributed by atoms with Gasteiger partial charge in [0.2, 0.25) is 0 Å². The molecule has 1 fully saturated rings. The van der Waals surface area contributed by atoms with Gasteiger partial charge >= 0.3 is 0 Å². The molecule has 158 valence electrons. The lowest BCUT2D eigenvalue weighted by Crippen LogP contribution is -2.39. The van der Waals surface area contributed by atoms with Crippen LogP contribution in [0.25, 0.3) is 0 Å². The first kappa shape index (κ1) is 21.0. The number of guanidine groups is 1. The van der Waals surface area contributed by atoms with Crippen LogP contribution in [0.2, 0.25) is 0 Å². The van der Waals surface area contributed by atoms with Gasteiger partial charge in [0.05, 0.1) is 19.8 Å². The molecule has 1 aromatic carbocycles. The molecule has 1 unspecified atom stereocenters. The maximum absolute atomic E-state index is 5.94. The zero-order valence-electron chi connectivity index (χ0n) is 17.8. The van der Waals surface area contributed by atoms with Gasteiger partial charge in [-0.1, -0.05) is 0 Å². The van der Waals surface area contributed by atoms with Gasteiger partial charge in [0.15, 0.2) is 17.5 Å². The van der Waals surface area contributed by atoms with Crippen molar-refractivity contribution in [1.82, 2.24) is 10.2 Å². The lowest BCUT2D eigenvalue weighted by Gasteiger charge is -2.27. The lowest BCUT2D eigenvalue weighted by atomic mass is 10.2. The van der Waals surface area contributed by atoms with Crippen LogP contribution in [0.1, 0.15) is 37.3 Å². The van der Waals surface area contributed by atoms with Gasteiger partial charge in [-0.15, -0.1) is 0 Å². The summed E-state index contributed by atoms with van der Waals surface area (Å²) in [5, 5.41) is 6.77. The molecule has 2 heterocycles. The van der Waals surface area contributed by atoms with E-state index in [2.05, 4.69) is 26.6 Å². The summed E-state index contributed by atoms with van der Waals surface area (Å²) in [4.78, 5) is 6.84. The number of rotatable bonds is 8. The van der Waals surface area contributed by atoms with Gasteiger partial charge in [-0.25, -0.2) is 0 Å². The van der Waals surface area contributed by atoms with Crippen molar-refractivity contribution in [2.45, 2.75) is 32.7 Å². The second-order valence-electron chi connectivity index (χ2n) is 7.08. The van der Waals surface area contributed by atoms with Crippen molar-refractivity contribution in [3.63, 3.8) is 0 Å². The summed E-state index contributed by atoms with van der Waals surface area (Å²) in [6.45, 7) is 7.42. The number of likely N-dealkylation sites (tertiary alicyclic amines) is 1. The number of furan rings is 1. The zero-order chi connectivity index (χ0) is 20.6. The highest BCUT2D eigenvalue weighted by molar-refractivity contribution is 5.93. The Hall–Kier alpha value is -2.67. The molecule has 0 saturated carbocycles. The van der Waals surface area contributed by atoms with Gasteiger partial charge in [-0.2, -0.15) is 0 Å². The highest BCUT2D eigenvalue weighted by Crippen LogP contribution is 2.30. The summed E-state index contributed by atoms with van der Waals surface area (Å²) in [5.74, 6) is 4.05. The summed E-state index contributed by atoms with van der Waals surface area (Å²) in [6, 6.07) is 10.0. The molecule has 3 rings (SSSR count). The van der Waals surface area contributed by atoms with Gasteiger partial charge in [0.1, 0.15) is 11.5 Å². The van der Waals surface area contributed by atoms with Crippen molar-refractivity contribution in [1.29, 1.82) is 0 Å². The fraction of sp³-hybridized carbons (Fsp3) is 0.500. The normalized spacial score (nSPS) is 15.9. The SMILES string of the molecule is CCOc1ccc(NC(=NC)NCC(c2ccc(C)o2)N2CCCC2)cc1OC. The van der Waals surface area contributed by atoms with Crippen LogP contribution in [0.15, 0.2) is 39.7 Å². The van der Waals surface area contributed by atoms with E-state index in [-0.39, 0.29) is 6.04 Å². The Morgan fingerprint density at radius 1 is 1.21 bits per heavy atom. The third kappa shape index (κ3) is 5.44. The number of aliphatic imine (C=N–C) groups is 1. The van der Waals surface area contributed by atoms with Crippen molar-refractivity contribution < 1.29 is 13.9 Å². The Balaban J connectivity index is 1.67. The Bertz CT molecular complexity index is 812. The molecule has 0 spiro atoms. The minimum Gasteiger partial charge on any atom is -0.493 e. The van der Waals surface area contributed by atoms with E-state index in [9.17, 15) is 0 Å². The maximum atomic E-state index is 5.94. The minimum absolute atomic E-state index is 0.180. The summed E-state index contributed by atoms with van der Waals surface area (Å²) in [6.07, 6.45) is 2.46. The molecular formula is C22H32N4O3. The zero-order valence-corrected chi connectivity index (χ0v) is 17.8. The van der Waals surface area contributed by atoms with Crippen molar-refractivity contribution >= 4 is 11.6 Å². The number of ether oxygens (including phenoxy) is 2. The number of nitrogens with one attached hydrogen (secondary N) is 2. The van der Waals surface area contributed by atoms with Crippen molar-refractivity contribution in [2.24, 2.45) is 4.99 Å². The first-order chi connectivity index (χ1) is 14.1. The first-order valence-electron chi connectivity index (χ1n) is 10.2. The van der Waals surface area contributed by atoms with Crippen LogP contribution in [0, 0.1) is 6.92 Å². The number of anilines is 1. The second kappa shape index (κ2) is 10.2. The quantitative estimate of drug-likeness (QED) is 0.519. The monoisotopic (exact) mass is 400 g/mol. The van der Waals surface area contributed by atoms with Gasteiger partial charge in [-0.3, -0.25) is 9.89 Å². The molecule has 1 aliphatic rings. The van der Waals surface area contributed by atoms with E-state index < -0.39 is 0 Å². The molecule has 2 N–H and O–H groups in total. The van der Waals surface area contributed by atoms with Gasteiger partial charge < -0.3 is 24.5 Å². The van der Waals surface area contributed by atoms with Crippen LogP contribution < -0.4 is 20.1 Å². The number of benzene rings is 1. The summed E-state index contributed by atoms with van der Waals surface area (Å²) in [5.41, 5.74) is 0.880. The molecule has 0 radical (unpaired) electrons. The standard InChI is InChI=1S/C22H32N4O3/c1-5-28-20-11-9-17(14-21(20)27-4)25-22(23-3)24-15-18(26-12-6-7-13-26)19-10-8-16(2)29-19/h8-11,14,18H,5-7,12-13,15H2,1-4H3,(H2,23,24,25). The molecule has 0 amide bonds. The average molecular weight is 401 g/mol. The van der Waals surface area contributed by atoms with Crippen LogP contribution in [-0.2, 0) is 0 Å². The molecule has 0 aliphatic carbocycles. The van der Waals surface area contributed by atoms with E-state index in [0.717, 1.165) is 36.0 Å². The van der Waals surface area contributed by atoms with Crippen LogP contribution in [-0.4, -0.2) is 51.3 Å². The highest BCUT2D eigenvalue weighted by Gasteiger charge is 2.26. The van der Waals surface area contributed by atoms with Crippen LogP contribution in [0.3, 0.4) is 0 Å². The Morgan fingerprint density at radius 3 is 2.62 bits per heavy atom. The Kier molecular flexibility index (Phi) is 7.41. The molecule has 1 aromatic heterocycles.